The van der Waals surface area contributed by atoms with E-state index in [9.17, 15) is 9.59 Å². The molecule has 262 valence electrons. The van der Waals surface area contributed by atoms with Gasteiger partial charge in [-0.25, -0.2) is 0 Å². The smallest absolute Gasteiger partial charge is 0.307 e. The zero-order valence-electron chi connectivity index (χ0n) is 28.6. The number of nitrogens with one attached hydrogen (secondary N) is 1. The largest absolute Gasteiger partial charge is 0.465 e. The Hall–Kier alpha value is -0.940. The van der Waals surface area contributed by atoms with Gasteiger partial charge in [0.15, 0.2) is 0 Å². The Kier molecular flexibility index (Phi) is 26.0. The molecule has 2 rings (SSSR count). The molecule has 0 spiro atoms. The Morgan fingerprint density at radius 3 is 1.72 bits per heavy atom. The van der Waals surface area contributed by atoms with Gasteiger partial charge in [-0.15, -0.1) is 0 Å². The molecule has 0 amide bonds. The second kappa shape index (κ2) is 29.0. The Bertz CT molecular complexity index is 996. The van der Waals surface area contributed by atoms with Crippen LogP contribution in [0.2, 0.25) is 0 Å². The van der Waals surface area contributed by atoms with E-state index < -0.39 is 0 Å². The lowest BCUT2D eigenvalue weighted by Crippen LogP contribution is -2.31. The van der Waals surface area contributed by atoms with Crippen molar-refractivity contribution in [3.8, 4) is 0 Å². The van der Waals surface area contributed by atoms with E-state index in [0.717, 1.165) is 41.5 Å². The zero-order valence-corrected chi connectivity index (χ0v) is 31.8. The second-order valence-electron chi connectivity index (χ2n) is 11.7. The predicted molar refractivity (Wildman–Crippen MR) is 206 cm³/mol. The SMILES string of the molecule is CCCCCCCCSSCCOC(=O)CCN(CCC(=O)OCCSSCCCCCCCC)CCc1c[nH]c2ccccc12. The highest BCUT2D eigenvalue weighted by Crippen LogP contribution is 2.24. The highest BCUT2D eigenvalue weighted by Gasteiger charge is 2.14. The number of carbonyl (C=O) groups excluding carboxylic acids is 2. The number of fused-ring (bicyclic) bond motifs is 1. The highest BCUT2D eigenvalue weighted by molar-refractivity contribution is 8.77. The number of H-pyrrole nitrogens is 1. The summed E-state index contributed by atoms with van der Waals surface area (Å²) in [5, 5.41) is 1.22. The summed E-state index contributed by atoms with van der Waals surface area (Å²) >= 11 is 0. The summed E-state index contributed by atoms with van der Waals surface area (Å²) in [6.07, 6.45) is 19.4. The molecule has 0 aliphatic carbocycles. The van der Waals surface area contributed by atoms with Crippen molar-refractivity contribution in [3.05, 3.63) is 36.0 Å². The van der Waals surface area contributed by atoms with Gasteiger partial charge >= 0.3 is 11.9 Å². The monoisotopic (exact) mass is 712 g/mol. The summed E-state index contributed by atoms with van der Waals surface area (Å²) in [6.45, 7) is 7.30. The molecule has 0 aliphatic rings. The van der Waals surface area contributed by atoms with Crippen LogP contribution in [0.4, 0.5) is 0 Å². The summed E-state index contributed by atoms with van der Waals surface area (Å²) in [7, 11) is 7.36. The van der Waals surface area contributed by atoms with Crippen LogP contribution in [0.25, 0.3) is 10.9 Å². The van der Waals surface area contributed by atoms with Crippen LogP contribution in [0.1, 0.15) is 109 Å². The number of unbranched alkanes of at least 4 members (excludes halogenated alkanes) is 10. The van der Waals surface area contributed by atoms with E-state index in [0.29, 0.717) is 39.1 Å². The van der Waals surface area contributed by atoms with Crippen LogP contribution in [0.5, 0.6) is 0 Å². The molecule has 46 heavy (non-hydrogen) atoms. The number of carbonyl (C=O) groups is 2. The molecular weight excluding hydrogens is 653 g/mol. The first-order valence-corrected chi connectivity index (χ1v) is 22.7. The average molecular weight is 713 g/mol. The number of rotatable bonds is 31. The number of hydrogen-bond donors (Lipinski definition) is 1. The Labute approximate surface area is 295 Å². The van der Waals surface area contributed by atoms with Crippen molar-refractivity contribution < 1.29 is 19.1 Å². The van der Waals surface area contributed by atoms with Crippen LogP contribution in [0.3, 0.4) is 0 Å². The van der Waals surface area contributed by atoms with Crippen molar-refractivity contribution in [3.63, 3.8) is 0 Å². The van der Waals surface area contributed by atoms with Gasteiger partial charge in [0.25, 0.3) is 0 Å². The molecule has 0 saturated carbocycles. The molecule has 2 aromatic rings. The molecule has 0 unspecified atom stereocenters. The third kappa shape index (κ3) is 21.1. The number of aromatic nitrogens is 1. The topological polar surface area (TPSA) is 71.6 Å². The van der Waals surface area contributed by atoms with E-state index in [-0.39, 0.29) is 11.9 Å². The van der Waals surface area contributed by atoms with Gasteiger partial charge in [-0.1, -0.05) is 139 Å². The minimum atomic E-state index is -0.170. The van der Waals surface area contributed by atoms with Gasteiger partial charge < -0.3 is 19.4 Å². The van der Waals surface area contributed by atoms with E-state index >= 15 is 0 Å². The molecule has 1 aromatic carbocycles. The first kappa shape index (κ1) is 41.2. The minimum Gasteiger partial charge on any atom is -0.465 e. The summed E-state index contributed by atoms with van der Waals surface area (Å²) in [5.74, 6) is 3.62. The van der Waals surface area contributed by atoms with Gasteiger partial charge in [0.2, 0.25) is 0 Å². The van der Waals surface area contributed by atoms with Crippen LogP contribution < -0.4 is 0 Å². The van der Waals surface area contributed by atoms with Crippen LogP contribution in [0, 0.1) is 0 Å². The average Bonchev–Trinajstić information content (AvgIpc) is 3.48. The van der Waals surface area contributed by atoms with Crippen molar-refractivity contribution in [2.24, 2.45) is 0 Å². The van der Waals surface area contributed by atoms with Crippen molar-refractivity contribution >= 4 is 66.0 Å². The summed E-state index contributed by atoms with van der Waals surface area (Å²) in [4.78, 5) is 30.6. The first-order valence-electron chi connectivity index (χ1n) is 17.7. The molecule has 0 radical (unpaired) electrons. The first-order chi connectivity index (χ1) is 22.6. The van der Waals surface area contributed by atoms with E-state index in [1.165, 1.54) is 88.0 Å². The fourth-order valence-electron chi connectivity index (χ4n) is 5.09. The Morgan fingerprint density at radius 2 is 1.15 bits per heavy atom. The molecule has 10 heteroatoms. The number of hydrogen-bond acceptors (Lipinski definition) is 9. The lowest BCUT2D eigenvalue weighted by atomic mass is 10.1. The lowest BCUT2D eigenvalue weighted by molar-refractivity contribution is -0.143. The normalized spacial score (nSPS) is 11.5. The van der Waals surface area contributed by atoms with Crippen LogP contribution >= 0.6 is 43.2 Å². The summed E-state index contributed by atoms with van der Waals surface area (Å²) in [6, 6.07) is 8.31. The van der Waals surface area contributed by atoms with Gasteiger partial charge in [0, 0.05) is 59.7 Å². The summed E-state index contributed by atoms with van der Waals surface area (Å²) < 4.78 is 11.0. The van der Waals surface area contributed by atoms with Crippen molar-refractivity contribution in [2.45, 2.75) is 110 Å². The van der Waals surface area contributed by atoms with E-state index in [1.807, 2.05) is 27.7 Å². The fraction of sp³-hybridized carbons (Fsp3) is 0.722. The van der Waals surface area contributed by atoms with Gasteiger partial charge in [-0.3, -0.25) is 9.59 Å². The fourth-order valence-corrected chi connectivity index (χ4v) is 9.04. The molecule has 1 aromatic heterocycles. The predicted octanol–water partition coefficient (Wildman–Crippen LogP) is 10.4. The molecule has 0 bridgehead atoms. The van der Waals surface area contributed by atoms with Gasteiger partial charge in [0.05, 0.1) is 12.8 Å². The van der Waals surface area contributed by atoms with Crippen LogP contribution in [-0.2, 0) is 25.5 Å². The van der Waals surface area contributed by atoms with Crippen molar-refractivity contribution in [2.75, 3.05) is 55.9 Å². The third-order valence-corrected chi connectivity index (χ3v) is 12.7. The molecule has 0 fully saturated rings. The Morgan fingerprint density at radius 1 is 0.652 bits per heavy atom. The molecule has 6 nitrogen and oxygen atoms in total. The van der Waals surface area contributed by atoms with Crippen LogP contribution in [0.15, 0.2) is 30.5 Å². The number of aromatic amines is 1. The standard InChI is InChI=1S/C36H60N2O4S4/c1-3-5-7-9-11-15-27-43-45-29-25-41-35(39)20-23-38(22-19-32-31-37-34-18-14-13-17-33(32)34)24-21-36(40)42-26-30-46-44-28-16-12-10-8-6-4-2/h13-14,17-18,31,37H,3-12,15-16,19-30H2,1-2H3. The quantitative estimate of drug-likeness (QED) is 0.0467. The third-order valence-electron chi connectivity index (χ3n) is 7.83. The molecule has 0 atom stereocenters. The van der Waals surface area contributed by atoms with Gasteiger partial charge in [0.1, 0.15) is 13.2 Å². The van der Waals surface area contributed by atoms with Gasteiger partial charge in [-0.05, 0) is 30.9 Å². The van der Waals surface area contributed by atoms with Crippen LogP contribution in [-0.4, -0.2) is 77.7 Å². The van der Waals surface area contributed by atoms with E-state index in [1.54, 1.807) is 21.6 Å². The number of benzene rings is 1. The maximum Gasteiger partial charge on any atom is 0.307 e. The molecular formula is C36H60N2O4S4. The van der Waals surface area contributed by atoms with Crippen molar-refractivity contribution in [1.29, 1.82) is 0 Å². The minimum absolute atomic E-state index is 0.170. The van der Waals surface area contributed by atoms with E-state index in [2.05, 4.69) is 48.1 Å². The summed E-state index contributed by atoms with van der Waals surface area (Å²) in [5.41, 5.74) is 2.37. The van der Waals surface area contributed by atoms with Crippen molar-refractivity contribution in [1.82, 2.24) is 9.88 Å². The Balaban J connectivity index is 1.63. The lowest BCUT2D eigenvalue weighted by Gasteiger charge is -2.21. The number of esters is 2. The number of nitrogens with zero attached hydrogens (tertiary/aromatic N) is 1. The zero-order chi connectivity index (χ0) is 32.9. The molecule has 1 heterocycles. The van der Waals surface area contributed by atoms with Gasteiger partial charge in [-0.2, -0.15) is 0 Å². The molecule has 0 aliphatic heterocycles. The number of ether oxygens (including phenoxy) is 2. The maximum absolute atomic E-state index is 12.5. The van der Waals surface area contributed by atoms with E-state index in [4.69, 9.17) is 9.47 Å². The second-order valence-corrected chi connectivity index (χ2v) is 17.1. The highest BCUT2D eigenvalue weighted by atomic mass is 33.1. The molecule has 1 N–H and O–H groups in total. The maximum atomic E-state index is 12.5. The number of para-hydroxylation sites is 1. The molecule has 0 saturated heterocycles.